The Bertz CT molecular complexity index is 1330. The number of halogens is 1. The van der Waals surface area contributed by atoms with Crippen LogP contribution in [0.1, 0.15) is 44.3 Å². The van der Waals surface area contributed by atoms with Crippen molar-refractivity contribution in [1.82, 2.24) is 15.1 Å². The van der Waals surface area contributed by atoms with Crippen molar-refractivity contribution in [3.63, 3.8) is 0 Å². The van der Waals surface area contributed by atoms with Crippen LogP contribution in [0, 0.1) is 13.8 Å². The number of fused-ring (bicyclic) bond motifs is 1. The molecule has 2 N–H and O–H groups in total. The van der Waals surface area contributed by atoms with Crippen LogP contribution in [0.2, 0.25) is 0 Å². The van der Waals surface area contributed by atoms with Crippen molar-refractivity contribution >= 4 is 21.8 Å². The van der Waals surface area contributed by atoms with Gasteiger partial charge in [0.1, 0.15) is 17.1 Å². The molecule has 1 aliphatic heterocycles. The summed E-state index contributed by atoms with van der Waals surface area (Å²) in [6.45, 7) is 4.33. The van der Waals surface area contributed by atoms with Gasteiger partial charge in [-0.05, 0) is 54.3 Å². The smallest absolute Gasteiger partial charge is 0.273 e. The van der Waals surface area contributed by atoms with E-state index in [0.29, 0.717) is 23.5 Å². The molecule has 0 aliphatic carbocycles. The average Bonchev–Trinajstić information content (AvgIpc) is 3.31. The number of benzene rings is 3. The first kappa shape index (κ1) is 20.5. The summed E-state index contributed by atoms with van der Waals surface area (Å²) in [7, 11) is 0. The maximum Gasteiger partial charge on any atom is 0.273 e. The van der Waals surface area contributed by atoms with Crippen LogP contribution < -0.4 is 0 Å². The molecule has 0 saturated carbocycles. The number of H-pyrrole nitrogens is 1. The van der Waals surface area contributed by atoms with E-state index in [-0.39, 0.29) is 17.7 Å². The van der Waals surface area contributed by atoms with Crippen LogP contribution in [0.4, 0.5) is 0 Å². The zero-order valence-electron chi connectivity index (χ0n) is 17.8. The second kappa shape index (κ2) is 7.95. The average molecular weight is 488 g/mol. The van der Waals surface area contributed by atoms with E-state index in [2.05, 4.69) is 26.1 Å². The molecule has 3 aromatic carbocycles. The van der Waals surface area contributed by atoms with E-state index >= 15 is 0 Å². The monoisotopic (exact) mass is 487 g/mol. The van der Waals surface area contributed by atoms with Gasteiger partial charge in [-0.15, -0.1) is 0 Å². The van der Waals surface area contributed by atoms with E-state index in [9.17, 15) is 9.90 Å². The number of aromatic nitrogens is 2. The highest BCUT2D eigenvalue weighted by Gasteiger charge is 2.42. The molecule has 0 saturated heterocycles. The van der Waals surface area contributed by atoms with E-state index in [1.807, 2.05) is 85.5 Å². The number of nitrogens with one attached hydrogen (secondary N) is 1. The molecule has 5 rings (SSSR count). The first-order valence-electron chi connectivity index (χ1n) is 10.4. The van der Waals surface area contributed by atoms with Gasteiger partial charge in [-0.3, -0.25) is 9.89 Å². The number of aromatic amines is 1. The van der Waals surface area contributed by atoms with Crippen molar-refractivity contribution < 1.29 is 9.90 Å². The fourth-order valence-electron chi connectivity index (χ4n) is 4.51. The van der Waals surface area contributed by atoms with E-state index in [1.165, 1.54) is 0 Å². The summed E-state index contributed by atoms with van der Waals surface area (Å²) in [5.41, 5.74) is 6.35. The van der Waals surface area contributed by atoms with Gasteiger partial charge in [-0.2, -0.15) is 5.10 Å². The minimum absolute atomic E-state index is 0.101. The summed E-state index contributed by atoms with van der Waals surface area (Å²) >= 11 is 3.57. The van der Waals surface area contributed by atoms with Crippen LogP contribution in [0.3, 0.4) is 0 Å². The first-order chi connectivity index (χ1) is 15.4. The minimum atomic E-state index is -0.329. The number of carbonyl (C=O) groups is 1. The van der Waals surface area contributed by atoms with Gasteiger partial charge in [0, 0.05) is 22.1 Å². The van der Waals surface area contributed by atoms with Gasteiger partial charge in [-0.25, -0.2) is 0 Å². The molecule has 1 unspecified atom stereocenters. The molecule has 1 amide bonds. The summed E-state index contributed by atoms with van der Waals surface area (Å²) in [6.07, 6.45) is 0. The van der Waals surface area contributed by atoms with Crippen LogP contribution in [0.5, 0.6) is 5.75 Å². The molecule has 0 fully saturated rings. The lowest BCUT2D eigenvalue weighted by molar-refractivity contribution is 0.0730. The molecule has 4 aromatic rings. The number of hydrogen-bond acceptors (Lipinski definition) is 3. The van der Waals surface area contributed by atoms with Gasteiger partial charge in [0.25, 0.3) is 5.91 Å². The Balaban J connectivity index is 1.70. The van der Waals surface area contributed by atoms with Crippen LogP contribution >= 0.6 is 15.9 Å². The van der Waals surface area contributed by atoms with E-state index in [1.54, 1.807) is 0 Å². The standard InChI is InChI=1S/C26H22BrN3O2/c1-15-11-16(2)25(31)20(12-15)22-21-23(29-28-22)26(32)30(14-17-7-4-3-5-8-17)24(21)18-9-6-10-19(27)13-18/h3-13,24,31H,14H2,1-2H3,(H,28,29). The summed E-state index contributed by atoms with van der Waals surface area (Å²) in [6, 6.07) is 21.5. The predicted octanol–water partition coefficient (Wildman–Crippen LogP) is 5.91. The number of aromatic hydroxyl groups is 1. The Kier molecular flexibility index (Phi) is 5.10. The second-order valence-corrected chi connectivity index (χ2v) is 9.13. The van der Waals surface area contributed by atoms with Gasteiger partial charge in [0.05, 0.1) is 6.04 Å². The lowest BCUT2D eigenvalue weighted by Crippen LogP contribution is -2.29. The van der Waals surface area contributed by atoms with Gasteiger partial charge in [0.2, 0.25) is 0 Å². The Hall–Kier alpha value is -3.38. The maximum atomic E-state index is 13.5. The zero-order chi connectivity index (χ0) is 22.4. The maximum absolute atomic E-state index is 13.5. The van der Waals surface area contributed by atoms with Gasteiger partial charge < -0.3 is 10.0 Å². The number of rotatable bonds is 4. The van der Waals surface area contributed by atoms with Crippen molar-refractivity contribution in [2.75, 3.05) is 0 Å². The highest BCUT2D eigenvalue weighted by Crippen LogP contribution is 2.46. The molecule has 2 heterocycles. The fraction of sp³-hybridized carbons (Fsp3) is 0.154. The lowest BCUT2D eigenvalue weighted by Gasteiger charge is -2.27. The largest absolute Gasteiger partial charge is 0.507 e. The normalized spacial score (nSPS) is 15.3. The van der Waals surface area contributed by atoms with E-state index < -0.39 is 0 Å². The Morgan fingerprint density at radius 1 is 1.06 bits per heavy atom. The molecule has 160 valence electrons. The molecule has 1 atom stereocenters. The summed E-state index contributed by atoms with van der Waals surface area (Å²) in [5.74, 6) is 0.0864. The second-order valence-electron chi connectivity index (χ2n) is 8.22. The van der Waals surface area contributed by atoms with Crippen LogP contribution in [-0.4, -0.2) is 26.1 Å². The molecule has 0 bridgehead atoms. The van der Waals surface area contributed by atoms with Crippen molar-refractivity contribution in [3.8, 4) is 17.0 Å². The number of aryl methyl sites for hydroxylation is 2. The molecule has 1 aromatic heterocycles. The van der Waals surface area contributed by atoms with Gasteiger partial charge >= 0.3 is 0 Å². The number of amides is 1. The third kappa shape index (κ3) is 3.41. The molecular formula is C26H22BrN3O2. The summed E-state index contributed by atoms with van der Waals surface area (Å²) in [4.78, 5) is 15.4. The van der Waals surface area contributed by atoms with Crippen LogP contribution in [0.15, 0.2) is 71.2 Å². The van der Waals surface area contributed by atoms with Crippen LogP contribution in [0.25, 0.3) is 11.3 Å². The zero-order valence-corrected chi connectivity index (χ0v) is 19.3. The highest BCUT2D eigenvalue weighted by molar-refractivity contribution is 9.10. The Morgan fingerprint density at radius 3 is 2.59 bits per heavy atom. The molecular weight excluding hydrogens is 466 g/mol. The predicted molar refractivity (Wildman–Crippen MR) is 127 cm³/mol. The SMILES string of the molecule is Cc1cc(C)c(O)c(-c2n[nH]c3c2C(c2cccc(Br)c2)N(Cc2ccccc2)C3=O)c1. The number of carbonyl (C=O) groups excluding carboxylic acids is 1. The van der Waals surface area contributed by atoms with Crippen molar-refractivity contribution in [3.05, 3.63) is 105 Å². The van der Waals surface area contributed by atoms with Gasteiger partial charge in [0.15, 0.2) is 0 Å². The highest BCUT2D eigenvalue weighted by atomic mass is 79.9. The number of hydrogen-bond donors (Lipinski definition) is 2. The van der Waals surface area contributed by atoms with Crippen molar-refractivity contribution in [1.29, 1.82) is 0 Å². The number of nitrogens with zero attached hydrogens (tertiary/aromatic N) is 2. The van der Waals surface area contributed by atoms with E-state index in [0.717, 1.165) is 32.3 Å². The molecule has 6 heteroatoms. The van der Waals surface area contributed by atoms with Crippen molar-refractivity contribution in [2.45, 2.75) is 26.4 Å². The summed E-state index contributed by atoms with van der Waals surface area (Å²) in [5, 5.41) is 18.3. The van der Waals surface area contributed by atoms with Gasteiger partial charge in [-0.1, -0.05) is 64.5 Å². The first-order valence-corrected chi connectivity index (χ1v) is 11.2. The Morgan fingerprint density at radius 2 is 1.84 bits per heavy atom. The molecule has 32 heavy (non-hydrogen) atoms. The number of phenols is 1. The number of phenolic OH excluding ortho intramolecular Hbond substituents is 1. The third-order valence-electron chi connectivity index (χ3n) is 5.92. The molecule has 1 aliphatic rings. The quantitative estimate of drug-likeness (QED) is 0.376. The lowest BCUT2D eigenvalue weighted by atomic mass is 9.94. The molecule has 0 radical (unpaired) electrons. The summed E-state index contributed by atoms with van der Waals surface area (Å²) < 4.78 is 0.940. The Labute approximate surface area is 194 Å². The topological polar surface area (TPSA) is 69.2 Å². The molecule has 5 nitrogen and oxygen atoms in total. The fourth-order valence-corrected chi connectivity index (χ4v) is 4.93. The van der Waals surface area contributed by atoms with Crippen LogP contribution in [-0.2, 0) is 6.54 Å². The minimum Gasteiger partial charge on any atom is -0.507 e. The molecule has 0 spiro atoms. The third-order valence-corrected chi connectivity index (χ3v) is 6.42. The van der Waals surface area contributed by atoms with Crippen molar-refractivity contribution in [2.24, 2.45) is 0 Å². The van der Waals surface area contributed by atoms with E-state index in [4.69, 9.17) is 0 Å².